The number of nitrogens with zero attached hydrogens (tertiary/aromatic N) is 4. The van der Waals surface area contributed by atoms with Gasteiger partial charge in [0.15, 0.2) is 0 Å². The normalized spacial score (nSPS) is 13.2. The van der Waals surface area contributed by atoms with E-state index < -0.39 is 0 Å². The largest absolute Gasteiger partial charge is 0.313 e. The van der Waals surface area contributed by atoms with Gasteiger partial charge in [-0.3, -0.25) is 0 Å². The summed E-state index contributed by atoms with van der Waals surface area (Å²) in [7, 11) is 0. The number of fused-ring (bicyclic) bond motifs is 4. The number of nitriles is 2. The fourth-order valence-electron chi connectivity index (χ4n) is 7.73. The second-order valence-electron chi connectivity index (χ2n) is 12.6. The van der Waals surface area contributed by atoms with Crippen molar-refractivity contribution >= 4 is 50.6 Å². The highest BCUT2D eigenvalue weighted by Crippen LogP contribution is 2.40. The molecule has 50 heavy (non-hydrogen) atoms. The standard InChI is InChI=1S/C46H34N4/c1-3-13-42-36(4-2)41-26-31(29-47)24-25-46(41)49(42)35-17-11-15-32(27-35)37-18-6-5-14-33(37)28-40-34(30-48)16-12-23-45(40)50-43-21-9-7-19-38(43)39-20-8-10-22-44(39)50/h3-11,13-22,24-27H,2,12,23,28H2,1H3/b13-3-. The third-order valence-corrected chi connectivity index (χ3v) is 9.88. The molecule has 1 aliphatic rings. The van der Waals surface area contributed by atoms with Crippen LogP contribution in [0.4, 0.5) is 0 Å². The summed E-state index contributed by atoms with van der Waals surface area (Å²) < 4.78 is 4.64. The molecule has 0 radical (unpaired) electrons. The maximum atomic E-state index is 10.4. The molecular formula is C46H34N4. The molecular weight excluding hydrogens is 609 g/mol. The van der Waals surface area contributed by atoms with E-state index in [9.17, 15) is 10.5 Å². The Morgan fingerprint density at radius 2 is 1.46 bits per heavy atom. The minimum absolute atomic E-state index is 0.621. The van der Waals surface area contributed by atoms with E-state index in [0.29, 0.717) is 12.0 Å². The van der Waals surface area contributed by atoms with Gasteiger partial charge in [-0.1, -0.05) is 97.6 Å². The highest BCUT2D eigenvalue weighted by atomic mass is 15.0. The molecule has 0 N–H and O–H groups in total. The monoisotopic (exact) mass is 642 g/mol. The van der Waals surface area contributed by atoms with Crippen molar-refractivity contribution in [2.75, 3.05) is 0 Å². The van der Waals surface area contributed by atoms with Gasteiger partial charge in [-0.25, -0.2) is 0 Å². The number of rotatable bonds is 7. The maximum absolute atomic E-state index is 10.4. The van der Waals surface area contributed by atoms with Crippen LogP contribution in [0.5, 0.6) is 0 Å². The molecule has 5 aromatic carbocycles. The van der Waals surface area contributed by atoms with Crippen LogP contribution in [0.2, 0.25) is 0 Å². The number of aromatic nitrogens is 2. The smallest absolute Gasteiger partial charge is 0.0991 e. The Labute approximate surface area is 292 Å². The van der Waals surface area contributed by atoms with E-state index in [1.165, 1.54) is 16.5 Å². The molecule has 2 aromatic heterocycles. The van der Waals surface area contributed by atoms with Crippen LogP contribution in [0.25, 0.3) is 67.4 Å². The molecule has 4 nitrogen and oxygen atoms in total. The van der Waals surface area contributed by atoms with Gasteiger partial charge in [0.2, 0.25) is 0 Å². The summed E-state index contributed by atoms with van der Waals surface area (Å²) in [4.78, 5) is 0. The summed E-state index contributed by atoms with van der Waals surface area (Å²) >= 11 is 0. The van der Waals surface area contributed by atoms with Crippen LogP contribution in [0.15, 0.2) is 145 Å². The first kappa shape index (κ1) is 30.7. The molecule has 0 unspecified atom stereocenters. The number of hydrogen-bond donors (Lipinski definition) is 0. The lowest BCUT2D eigenvalue weighted by atomic mass is 9.87. The van der Waals surface area contributed by atoms with Crippen LogP contribution in [-0.4, -0.2) is 9.13 Å². The van der Waals surface area contributed by atoms with Gasteiger partial charge in [-0.2, -0.15) is 10.5 Å². The van der Waals surface area contributed by atoms with Gasteiger partial charge in [0, 0.05) is 39.5 Å². The Kier molecular flexibility index (Phi) is 7.84. The third kappa shape index (κ3) is 4.98. The van der Waals surface area contributed by atoms with Crippen molar-refractivity contribution in [3.05, 3.63) is 168 Å². The summed E-state index contributed by atoms with van der Waals surface area (Å²) in [6, 6.07) is 45.0. The second-order valence-corrected chi connectivity index (χ2v) is 12.6. The lowest BCUT2D eigenvalue weighted by molar-refractivity contribution is 0.933. The van der Waals surface area contributed by atoms with Crippen LogP contribution in [0.3, 0.4) is 0 Å². The Morgan fingerprint density at radius 1 is 0.740 bits per heavy atom. The molecule has 0 saturated carbocycles. The summed E-state index contributed by atoms with van der Waals surface area (Å²) in [5.41, 5.74) is 13.4. The fraction of sp³-hybridized carbons (Fsp3) is 0.0870. The van der Waals surface area contributed by atoms with E-state index in [4.69, 9.17) is 0 Å². The van der Waals surface area contributed by atoms with Crippen molar-refractivity contribution in [3.63, 3.8) is 0 Å². The van der Waals surface area contributed by atoms with Crippen LogP contribution in [-0.2, 0) is 6.42 Å². The first-order valence-electron chi connectivity index (χ1n) is 17.0. The summed E-state index contributed by atoms with van der Waals surface area (Å²) in [5, 5.41) is 23.5. The Balaban J connectivity index is 1.29. The van der Waals surface area contributed by atoms with Gasteiger partial charge in [0.1, 0.15) is 0 Å². The zero-order chi connectivity index (χ0) is 34.2. The molecule has 0 aliphatic heterocycles. The Hall–Kier alpha value is -6.62. The molecule has 0 atom stereocenters. The van der Waals surface area contributed by atoms with Crippen molar-refractivity contribution in [1.29, 1.82) is 10.5 Å². The maximum Gasteiger partial charge on any atom is 0.0991 e. The molecule has 0 bridgehead atoms. The average Bonchev–Trinajstić information content (AvgIpc) is 3.67. The Morgan fingerprint density at radius 3 is 2.18 bits per heavy atom. The molecule has 8 rings (SSSR count). The zero-order valence-corrected chi connectivity index (χ0v) is 27.9. The molecule has 1 aliphatic carbocycles. The highest BCUT2D eigenvalue weighted by Gasteiger charge is 2.23. The lowest BCUT2D eigenvalue weighted by Crippen LogP contribution is -2.09. The molecule has 0 fully saturated rings. The molecule has 238 valence electrons. The van der Waals surface area contributed by atoms with E-state index in [1.807, 2.05) is 37.3 Å². The molecule has 4 heteroatoms. The third-order valence-electron chi connectivity index (χ3n) is 9.88. The first-order chi connectivity index (χ1) is 24.6. The zero-order valence-electron chi connectivity index (χ0n) is 27.9. The summed E-state index contributed by atoms with van der Waals surface area (Å²) in [6.45, 7) is 6.14. The topological polar surface area (TPSA) is 57.4 Å². The van der Waals surface area contributed by atoms with Gasteiger partial charge in [0.25, 0.3) is 0 Å². The van der Waals surface area contributed by atoms with Crippen LogP contribution >= 0.6 is 0 Å². The van der Waals surface area contributed by atoms with Crippen molar-refractivity contribution in [1.82, 2.24) is 9.13 Å². The number of hydrogen-bond acceptors (Lipinski definition) is 2. The highest BCUT2D eigenvalue weighted by molar-refractivity contribution is 6.10. The van der Waals surface area contributed by atoms with E-state index in [-0.39, 0.29) is 0 Å². The van der Waals surface area contributed by atoms with E-state index >= 15 is 0 Å². The van der Waals surface area contributed by atoms with Crippen molar-refractivity contribution in [2.24, 2.45) is 0 Å². The second kappa shape index (κ2) is 12.8. The van der Waals surface area contributed by atoms with Gasteiger partial charge < -0.3 is 9.13 Å². The van der Waals surface area contributed by atoms with Crippen molar-refractivity contribution < 1.29 is 0 Å². The average molecular weight is 643 g/mol. The van der Waals surface area contributed by atoms with Crippen LogP contribution in [0, 0.1) is 22.7 Å². The summed E-state index contributed by atoms with van der Waals surface area (Å²) in [5.74, 6) is 0. The minimum Gasteiger partial charge on any atom is -0.313 e. The first-order valence-corrected chi connectivity index (χ1v) is 17.0. The van der Waals surface area contributed by atoms with E-state index in [2.05, 4.69) is 137 Å². The Bertz CT molecular complexity index is 2620. The van der Waals surface area contributed by atoms with Crippen molar-refractivity contribution in [2.45, 2.75) is 26.2 Å². The summed E-state index contributed by atoms with van der Waals surface area (Å²) in [6.07, 6.45) is 10.4. The van der Waals surface area contributed by atoms with Crippen molar-refractivity contribution in [3.8, 4) is 29.0 Å². The predicted molar refractivity (Wildman–Crippen MR) is 208 cm³/mol. The molecule has 0 amide bonds. The van der Waals surface area contributed by atoms with E-state index in [0.717, 1.165) is 79.6 Å². The predicted octanol–water partition coefficient (Wildman–Crippen LogP) is 11.7. The van der Waals surface area contributed by atoms with Crippen LogP contribution in [0.1, 0.15) is 42.1 Å². The lowest BCUT2D eigenvalue weighted by Gasteiger charge is -2.23. The van der Waals surface area contributed by atoms with Gasteiger partial charge in [-0.15, -0.1) is 0 Å². The minimum atomic E-state index is 0.621. The number of para-hydroxylation sites is 2. The number of benzene rings is 5. The quantitative estimate of drug-likeness (QED) is 0.174. The van der Waals surface area contributed by atoms with Gasteiger partial charge in [0.05, 0.1) is 45.5 Å². The van der Waals surface area contributed by atoms with E-state index in [1.54, 1.807) is 0 Å². The SMILES string of the molecule is C=Cc1c(/C=C\C)n(-c2cccc(-c3ccccc3CC3=C(n4c5ccccc5c5ccccc54)CCC=C3C#N)c2)c2ccc(C#N)cc12. The van der Waals surface area contributed by atoms with Gasteiger partial charge >= 0.3 is 0 Å². The van der Waals surface area contributed by atoms with Gasteiger partial charge in [-0.05, 0) is 90.6 Å². The fourth-order valence-corrected chi connectivity index (χ4v) is 7.73. The molecule has 2 heterocycles. The molecule has 0 spiro atoms. The molecule has 7 aromatic rings. The molecule has 0 saturated heterocycles. The van der Waals surface area contributed by atoms with Crippen LogP contribution < -0.4 is 0 Å². The number of allylic oxidation sites excluding steroid dienone is 5.